The Bertz CT molecular complexity index is 601. The van der Waals surface area contributed by atoms with E-state index in [1.165, 1.54) is 6.07 Å². The number of ether oxygens (including phenoxy) is 1. The van der Waals surface area contributed by atoms with Crippen molar-refractivity contribution in [1.29, 1.82) is 0 Å². The molecule has 2 amide bonds. The monoisotopic (exact) mass is 416 g/mol. The molecule has 1 heterocycles. The van der Waals surface area contributed by atoms with Gasteiger partial charge in [0.25, 0.3) is 0 Å². The Morgan fingerprint density at radius 3 is 2.64 bits per heavy atom. The molecular weight excluding hydrogens is 394 g/mol. The zero-order chi connectivity index (χ0) is 16.5. The summed E-state index contributed by atoms with van der Waals surface area (Å²) >= 11 is -2.52. The van der Waals surface area contributed by atoms with Gasteiger partial charge in [-0.15, -0.1) is 0 Å². The van der Waals surface area contributed by atoms with E-state index in [1.54, 1.807) is 6.07 Å². The number of hydrogen-bond donors (Lipinski definition) is 2. The molecule has 3 N–H and O–H groups in total. The van der Waals surface area contributed by atoms with E-state index >= 15 is 0 Å². The summed E-state index contributed by atoms with van der Waals surface area (Å²) in [7, 11) is 0. The summed E-state index contributed by atoms with van der Waals surface area (Å²) in [5.74, 6) is -1.19. The number of benzene rings is 1. The maximum atomic E-state index is 14.4. The first-order valence-electron chi connectivity index (χ1n) is 7.21. The SMILES string of the molecule is [CH3][Sn]([CH3])([CH3])[c]1ccc(C(CC(N)=O)C2CNC(=O)O2)cc1F. The van der Waals surface area contributed by atoms with Gasteiger partial charge in [0.05, 0.1) is 0 Å². The van der Waals surface area contributed by atoms with Gasteiger partial charge in [-0.3, -0.25) is 0 Å². The van der Waals surface area contributed by atoms with Crippen LogP contribution in [0.5, 0.6) is 0 Å². The molecule has 1 aliphatic heterocycles. The van der Waals surface area contributed by atoms with Gasteiger partial charge in [0.2, 0.25) is 0 Å². The van der Waals surface area contributed by atoms with Crippen molar-refractivity contribution < 1.29 is 18.7 Å². The van der Waals surface area contributed by atoms with Crippen molar-refractivity contribution in [2.45, 2.75) is 33.3 Å². The molecule has 120 valence electrons. The number of alkyl carbamates (subject to hydrolysis) is 1. The van der Waals surface area contributed by atoms with E-state index in [0.29, 0.717) is 12.1 Å². The summed E-state index contributed by atoms with van der Waals surface area (Å²) in [5.41, 5.74) is 5.92. The maximum absolute atomic E-state index is 14.4. The fraction of sp³-hybridized carbons (Fsp3) is 0.467. The number of nitrogens with one attached hydrogen (secondary N) is 1. The van der Waals surface area contributed by atoms with Gasteiger partial charge in [-0.2, -0.15) is 0 Å². The van der Waals surface area contributed by atoms with E-state index < -0.39 is 42.4 Å². The molecule has 0 aromatic heterocycles. The van der Waals surface area contributed by atoms with Crippen molar-refractivity contribution in [2.24, 2.45) is 5.73 Å². The van der Waals surface area contributed by atoms with E-state index in [2.05, 4.69) is 20.1 Å². The number of nitrogens with two attached hydrogens (primary N) is 1. The fourth-order valence-corrected chi connectivity index (χ4v) is 6.60. The summed E-state index contributed by atoms with van der Waals surface area (Å²) in [6.45, 7) is 0.290. The average molecular weight is 415 g/mol. The summed E-state index contributed by atoms with van der Waals surface area (Å²) < 4.78 is 20.4. The number of amides is 2. The van der Waals surface area contributed by atoms with Crippen LogP contribution in [0.4, 0.5) is 9.18 Å². The number of hydrogen-bond acceptors (Lipinski definition) is 3. The second kappa shape index (κ2) is 6.44. The van der Waals surface area contributed by atoms with E-state index in [1.807, 2.05) is 6.07 Å². The molecule has 22 heavy (non-hydrogen) atoms. The van der Waals surface area contributed by atoms with Crippen molar-refractivity contribution in [1.82, 2.24) is 5.32 Å². The van der Waals surface area contributed by atoms with Gasteiger partial charge >= 0.3 is 133 Å². The Kier molecular flexibility index (Phi) is 4.99. The zero-order valence-corrected chi connectivity index (χ0v) is 15.8. The molecule has 0 aliphatic carbocycles. The molecule has 0 radical (unpaired) electrons. The molecular formula is C15H21FN2O3Sn. The van der Waals surface area contributed by atoms with Crippen LogP contribution >= 0.6 is 0 Å². The van der Waals surface area contributed by atoms with Gasteiger partial charge in [0.15, 0.2) is 0 Å². The number of halogens is 1. The normalized spacial score (nSPS) is 19.5. The van der Waals surface area contributed by atoms with Crippen LogP contribution in [0.25, 0.3) is 0 Å². The molecule has 0 saturated carbocycles. The molecule has 0 bridgehead atoms. The van der Waals surface area contributed by atoms with Crippen molar-refractivity contribution >= 4 is 34.0 Å². The van der Waals surface area contributed by atoms with Gasteiger partial charge in [-0.1, -0.05) is 0 Å². The number of primary amides is 1. The summed E-state index contributed by atoms with van der Waals surface area (Å²) in [5, 5.41) is 2.55. The molecule has 5 nitrogen and oxygen atoms in total. The summed E-state index contributed by atoms with van der Waals surface area (Å²) in [4.78, 5) is 28.9. The van der Waals surface area contributed by atoms with E-state index in [4.69, 9.17) is 10.5 Å². The Balaban J connectivity index is 2.33. The Morgan fingerprint density at radius 1 is 1.50 bits per heavy atom. The van der Waals surface area contributed by atoms with E-state index in [9.17, 15) is 14.0 Å². The molecule has 1 aliphatic rings. The number of carbonyl (C=O) groups excluding carboxylic acids is 2. The molecule has 1 saturated heterocycles. The second-order valence-corrected chi connectivity index (χ2v) is 21.0. The standard InChI is InChI=1S/C12H12FN2O3.3CH3.Sn/c13-8-3-1-2-7(4-8)9(5-11(14)16)10-6-15-12(17)18-10;;;;/h1-2,4,9-10H,5-6H2,(H2,14,16)(H,15,17);3*1H3;. The van der Waals surface area contributed by atoms with Crippen LogP contribution in [0.15, 0.2) is 18.2 Å². The first-order chi connectivity index (χ1) is 10.2. The number of rotatable bonds is 5. The molecule has 1 aromatic carbocycles. The summed E-state index contributed by atoms with van der Waals surface area (Å²) in [6.07, 6.45) is -1.03. The third kappa shape index (κ3) is 3.91. The van der Waals surface area contributed by atoms with Crippen LogP contribution in [0.2, 0.25) is 14.8 Å². The van der Waals surface area contributed by atoms with Gasteiger partial charge in [-0.05, 0) is 0 Å². The summed E-state index contributed by atoms with van der Waals surface area (Å²) in [6, 6.07) is 5.08. The van der Waals surface area contributed by atoms with Crippen molar-refractivity contribution in [3.05, 3.63) is 29.6 Å². The van der Waals surface area contributed by atoms with E-state index in [-0.39, 0.29) is 12.2 Å². The topological polar surface area (TPSA) is 81.4 Å². The molecule has 2 unspecified atom stereocenters. The third-order valence-electron chi connectivity index (χ3n) is 3.81. The first kappa shape index (κ1) is 17.0. The quantitative estimate of drug-likeness (QED) is 0.715. The average Bonchev–Trinajstić information content (AvgIpc) is 2.80. The molecule has 2 rings (SSSR count). The van der Waals surface area contributed by atoms with Crippen LogP contribution in [0.3, 0.4) is 0 Å². The Labute approximate surface area is 133 Å². The van der Waals surface area contributed by atoms with E-state index in [0.717, 1.165) is 3.58 Å². The first-order valence-corrected chi connectivity index (χ1v) is 17.2. The fourth-order valence-electron chi connectivity index (χ4n) is 2.68. The molecule has 7 heteroatoms. The van der Waals surface area contributed by atoms with Gasteiger partial charge in [0, 0.05) is 0 Å². The van der Waals surface area contributed by atoms with Crippen LogP contribution in [-0.4, -0.2) is 43.0 Å². The second-order valence-electron chi connectivity index (χ2n) is 6.59. The van der Waals surface area contributed by atoms with Gasteiger partial charge < -0.3 is 0 Å². The van der Waals surface area contributed by atoms with Crippen molar-refractivity contribution in [3.63, 3.8) is 0 Å². The number of carbonyl (C=O) groups is 2. The van der Waals surface area contributed by atoms with Crippen LogP contribution in [-0.2, 0) is 9.53 Å². The van der Waals surface area contributed by atoms with Crippen LogP contribution in [0, 0.1) is 5.82 Å². The van der Waals surface area contributed by atoms with Gasteiger partial charge in [0.1, 0.15) is 0 Å². The molecule has 0 spiro atoms. The molecule has 1 fully saturated rings. The van der Waals surface area contributed by atoms with Crippen LogP contribution < -0.4 is 14.6 Å². The Hall–Kier alpha value is -1.31. The molecule has 1 aromatic rings. The van der Waals surface area contributed by atoms with Gasteiger partial charge in [-0.25, -0.2) is 0 Å². The Morgan fingerprint density at radius 2 is 2.18 bits per heavy atom. The predicted molar refractivity (Wildman–Crippen MR) is 84.2 cm³/mol. The molecule has 2 atom stereocenters. The van der Waals surface area contributed by atoms with Crippen molar-refractivity contribution in [2.75, 3.05) is 6.54 Å². The van der Waals surface area contributed by atoms with Crippen molar-refractivity contribution in [3.8, 4) is 0 Å². The predicted octanol–water partition coefficient (Wildman–Crippen LogP) is 1.44. The number of cyclic esters (lactones) is 1. The minimum atomic E-state index is -2.52. The zero-order valence-electron chi connectivity index (χ0n) is 13.0. The minimum absolute atomic E-state index is 0.0111. The third-order valence-corrected chi connectivity index (χ3v) is 9.57. The van der Waals surface area contributed by atoms with Crippen LogP contribution in [0.1, 0.15) is 17.9 Å².